The highest BCUT2D eigenvalue weighted by atomic mass is 32.2. The molecule has 0 radical (unpaired) electrons. The molecule has 0 bridgehead atoms. The first kappa shape index (κ1) is 14.2. The molecule has 0 spiro atoms. The van der Waals surface area contributed by atoms with Crippen molar-refractivity contribution >= 4 is 21.7 Å². The number of carbonyl (C=O) groups is 1. The molecule has 2 rings (SSSR count). The molecule has 0 heterocycles. The van der Waals surface area contributed by atoms with Gasteiger partial charge in [-0.25, -0.2) is 0 Å². The van der Waals surface area contributed by atoms with E-state index in [0.717, 1.165) is 0 Å². The molecule has 0 unspecified atom stereocenters. The van der Waals surface area contributed by atoms with E-state index < -0.39 is 15.9 Å². The van der Waals surface area contributed by atoms with Crippen LogP contribution in [0.1, 0.15) is 15.9 Å². The van der Waals surface area contributed by atoms with Crippen LogP contribution in [0.15, 0.2) is 54.6 Å². The van der Waals surface area contributed by atoms with Crippen molar-refractivity contribution in [2.24, 2.45) is 0 Å². The van der Waals surface area contributed by atoms with E-state index in [2.05, 4.69) is 5.32 Å². The fourth-order valence-electron chi connectivity index (χ4n) is 1.69. The molecule has 2 aromatic rings. The van der Waals surface area contributed by atoms with E-state index in [1.807, 2.05) is 18.2 Å². The average molecular weight is 291 g/mol. The Labute approximate surface area is 117 Å². The number of carbonyl (C=O) groups excluding carboxylic acids is 1. The molecular formula is C14H13NO4S. The van der Waals surface area contributed by atoms with E-state index >= 15 is 0 Å². The number of hydrogen-bond donors (Lipinski definition) is 2. The first-order valence-electron chi connectivity index (χ1n) is 5.84. The van der Waals surface area contributed by atoms with Crippen LogP contribution in [0.3, 0.4) is 0 Å². The maximum atomic E-state index is 11.9. The SMILES string of the molecule is O=C(Nc1ccccc1)c1ccc(CS(=O)(=O)O)cc1. The zero-order chi connectivity index (χ0) is 14.6. The van der Waals surface area contributed by atoms with Gasteiger partial charge in [0.2, 0.25) is 0 Å². The molecule has 2 N–H and O–H groups in total. The maximum absolute atomic E-state index is 11.9. The van der Waals surface area contributed by atoms with Crippen molar-refractivity contribution in [3.8, 4) is 0 Å². The van der Waals surface area contributed by atoms with E-state index in [1.54, 1.807) is 12.1 Å². The molecule has 20 heavy (non-hydrogen) atoms. The van der Waals surface area contributed by atoms with Crippen LogP contribution in [0.5, 0.6) is 0 Å². The molecule has 0 saturated carbocycles. The van der Waals surface area contributed by atoms with Crippen molar-refractivity contribution in [3.63, 3.8) is 0 Å². The molecule has 0 saturated heterocycles. The van der Waals surface area contributed by atoms with Crippen LogP contribution in [0, 0.1) is 0 Å². The third-order valence-corrected chi connectivity index (χ3v) is 3.29. The largest absolute Gasteiger partial charge is 0.322 e. The maximum Gasteiger partial charge on any atom is 0.269 e. The summed E-state index contributed by atoms with van der Waals surface area (Å²) in [6, 6.07) is 15.0. The minimum Gasteiger partial charge on any atom is -0.322 e. The Bertz CT molecular complexity index is 694. The predicted molar refractivity (Wildman–Crippen MR) is 76.1 cm³/mol. The Morgan fingerprint density at radius 3 is 2.15 bits per heavy atom. The highest BCUT2D eigenvalue weighted by Crippen LogP contribution is 2.11. The van der Waals surface area contributed by atoms with Gasteiger partial charge < -0.3 is 5.32 Å². The van der Waals surface area contributed by atoms with Gasteiger partial charge >= 0.3 is 0 Å². The summed E-state index contributed by atoms with van der Waals surface area (Å²) in [4.78, 5) is 11.9. The van der Waals surface area contributed by atoms with Gasteiger partial charge in [0, 0.05) is 11.3 Å². The molecule has 5 nitrogen and oxygen atoms in total. The lowest BCUT2D eigenvalue weighted by Crippen LogP contribution is -2.11. The number of para-hydroxylation sites is 1. The third-order valence-electron chi connectivity index (χ3n) is 2.60. The van der Waals surface area contributed by atoms with Crippen molar-refractivity contribution in [1.29, 1.82) is 0 Å². The minimum absolute atomic E-state index is 0.283. The van der Waals surface area contributed by atoms with E-state index in [9.17, 15) is 13.2 Å². The third kappa shape index (κ3) is 4.18. The van der Waals surface area contributed by atoms with Crippen molar-refractivity contribution in [3.05, 3.63) is 65.7 Å². The number of amides is 1. The summed E-state index contributed by atoms with van der Waals surface area (Å²) in [6.45, 7) is 0. The lowest BCUT2D eigenvalue weighted by Gasteiger charge is -2.05. The molecule has 104 valence electrons. The van der Waals surface area contributed by atoms with Gasteiger partial charge in [-0.15, -0.1) is 0 Å². The Morgan fingerprint density at radius 2 is 1.60 bits per heavy atom. The summed E-state index contributed by atoms with van der Waals surface area (Å²) in [5.41, 5.74) is 1.51. The standard InChI is InChI=1S/C14H13NO4S/c16-14(15-13-4-2-1-3-5-13)12-8-6-11(7-9-12)10-20(17,18)19/h1-9H,10H2,(H,15,16)(H,17,18,19). The smallest absolute Gasteiger partial charge is 0.269 e. The van der Waals surface area contributed by atoms with Gasteiger partial charge in [-0.2, -0.15) is 8.42 Å². The Morgan fingerprint density at radius 1 is 1.00 bits per heavy atom. The van der Waals surface area contributed by atoms with Crippen molar-refractivity contribution in [2.45, 2.75) is 5.75 Å². The number of anilines is 1. The first-order valence-corrected chi connectivity index (χ1v) is 7.45. The molecule has 6 heteroatoms. The molecule has 0 fully saturated rings. The summed E-state index contributed by atoms with van der Waals surface area (Å²) in [5, 5.41) is 2.72. The number of hydrogen-bond acceptors (Lipinski definition) is 3. The molecular weight excluding hydrogens is 278 g/mol. The lowest BCUT2D eigenvalue weighted by atomic mass is 10.1. The van der Waals surface area contributed by atoms with Crippen LogP contribution in [-0.2, 0) is 15.9 Å². The van der Waals surface area contributed by atoms with Crippen LogP contribution >= 0.6 is 0 Å². The highest BCUT2D eigenvalue weighted by molar-refractivity contribution is 7.85. The second kappa shape index (κ2) is 5.85. The number of benzene rings is 2. The molecule has 0 aliphatic heterocycles. The zero-order valence-corrected chi connectivity index (χ0v) is 11.3. The number of nitrogens with one attached hydrogen (secondary N) is 1. The predicted octanol–water partition coefficient (Wildman–Crippen LogP) is 2.33. The van der Waals surface area contributed by atoms with E-state index in [0.29, 0.717) is 16.8 Å². The van der Waals surface area contributed by atoms with Crippen LogP contribution in [0.2, 0.25) is 0 Å². The molecule has 1 amide bonds. The van der Waals surface area contributed by atoms with Crippen LogP contribution < -0.4 is 5.32 Å². The summed E-state index contributed by atoms with van der Waals surface area (Å²) < 4.78 is 30.2. The topological polar surface area (TPSA) is 83.5 Å². The van der Waals surface area contributed by atoms with Gasteiger partial charge in [-0.05, 0) is 29.8 Å². The van der Waals surface area contributed by atoms with E-state index in [-0.39, 0.29) is 5.91 Å². The molecule has 0 aliphatic rings. The van der Waals surface area contributed by atoms with Crippen molar-refractivity contribution in [1.82, 2.24) is 0 Å². The van der Waals surface area contributed by atoms with Gasteiger partial charge in [-0.1, -0.05) is 30.3 Å². The molecule has 0 atom stereocenters. The van der Waals surface area contributed by atoms with Gasteiger partial charge in [-0.3, -0.25) is 9.35 Å². The van der Waals surface area contributed by atoms with Crippen LogP contribution in [-0.4, -0.2) is 18.9 Å². The van der Waals surface area contributed by atoms with Gasteiger partial charge in [0.25, 0.3) is 16.0 Å². The Kier molecular flexibility index (Phi) is 4.16. The van der Waals surface area contributed by atoms with Crippen molar-refractivity contribution in [2.75, 3.05) is 5.32 Å². The molecule has 2 aromatic carbocycles. The van der Waals surface area contributed by atoms with E-state index in [4.69, 9.17) is 4.55 Å². The second-order valence-corrected chi connectivity index (χ2v) is 5.70. The van der Waals surface area contributed by atoms with Crippen LogP contribution in [0.25, 0.3) is 0 Å². The molecule has 0 aromatic heterocycles. The average Bonchev–Trinajstić information content (AvgIpc) is 2.39. The fourth-order valence-corrected chi connectivity index (χ4v) is 2.30. The zero-order valence-electron chi connectivity index (χ0n) is 10.5. The minimum atomic E-state index is -4.06. The van der Waals surface area contributed by atoms with Gasteiger partial charge in [0.05, 0.1) is 0 Å². The second-order valence-electron chi connectivity index (χ2n) is 4.24. The van der Waals surface area contributed by atoms with Crippen molar-refractivity contribution < 1.29 is 17.8 Å². The Balaban J connectivity index is 2.08. The number of rotatable bonds is 4. The summed E-state index contributed by atoms with van der Waals surface area (Å²) in [6.07, 6.45) is 0. The quantitative estimate of drug-likeness (QED) is 0.847. The Hall–Kier alpha value is -2.18. The highest BCUT2D eigenvalue weighted by Gasteiger charge is 2.09. The van der Waals surface area contributed by atoms with Gasteiger partial charge in [0.1, 0.15) is 5.75 Å². The van der Waals surface area contributed by atoms with Gasteiger partial charge in [0.15, 0.2) is 0 Å². The summed E-state index contributed by atoms with van der Waals surface area (Å²) in [5.74, 6) is -0.747. The summed E-state index contributed by atoms with van der Waals surface area (Å²) in [7, 11) is -4.06. The summed E-state index contributed by atoms with van der Waals surface area (Å²) >= 11 is 0. The monoisotopic (exact) mass is 291 g/mol. The van der Waals surface area contributed by atoms with E-state index in [1.165, 1.54) is 24.3 Å². The normalized spacial score (nSPS) is 11.1. The fraction of sp³-hybridized carbons (Fsp3) is 0.0714. The molecule has 0 aliphatic carbocycles. The first-order chi connectivity index (χ1) is 9.44. The van der Waals surface area contributed by atoms with Crippen LogP contribution in [0.4, 0.5) is 5.69 Å². The lowest BCUT2D eigenvalue weighted by molar-refractivity contribution is 0.102.